The zero-order chi connectivity index (χ0) is 12.1. The molecule has 0 aromatic heterocycles. The molecular weight excluding hydrogens is 216 g/mol. The number of hydroxylamine groups is 2. The summed E-state index contributed by atoms with van der Waals surface area (Å²) in [6, 6.07) is 8.69. The molecule has 2 N–H and O–H groups in total. The Morgan fingerprint density at radius 1 is 1.18 bits per heavy atom. The largest absolute Gasteiger partial charge is 0.345 e. The smallest absolute Gasteiger partial charge is 0.306 e. The van der Waals surface area contributed by atoms with Gasteiger partial charge in [-0.25, -0.2) is 9.86 Å². The molecule has 1 aliphatic carbocycles. The molecule has 2 rings (SSSR count). The number of benzene rings is 1. The van der Waals surface area contributed by atoms with Gasteiger partial charge < -0.3 is 5.32 Å². The van der Waals surface area contributed by atoms with Gasteiger partial charge >= 0.3 is 6.03 Å². The van der Waals surface area contributed by atoms with Crippen LogP contribution in [0.2, 0.25) is 0 Å². The zero-order valence-corrected chi connectivity index (χ0v) is 9.80. The Bertz CT molecular complexity index is 361. The summed E-state index contributed by atoms with van der Waals surface area (Å²) in [7, 11) is 0. The van der Waals surface area contributed by atoms with E-state index in [1.807, 2.05) is 18.2 Å². The Labute approximate surface area is 101 Å². The summed E-state index contributed by atoms with van der Waals surface area (Å²) in [5.41, 5.74) is 0.701. The minimum atomic E-state index is -0.442. The standard InChI is InChI=1S/C13H18N2O2/c16-13(14-11-7-3-1-4-8-11)15(17)12-9-5-2-6-10-12/h1,3-4,7-8,12,17H,2,5-6,9-10H2,(H,14,16). The van der Waals surface area contributed by atoms with Crippen LogP contribution in [0.3, 0.4) is 0 Å². The van der Waals surface area contributed by atoms with E-state index in [1.165, 1.54) is 6.42 Å². The maximum atomic E-state index is 11.8. The maximum absolute atomic E-state index is 11.8. The lowest BCUT2D eigenvalue weighted by atomic mass is 9.95. The average Bonchev–Trinajstić information content (AvgIpc) is 2.40. The van der Waals surface area contributed by atoms with Gasteiger partial charge in [-0.05, 0) is 25.0 Å². The quantitative estimate of drug-likeness (QED) is 0.609. The Kier molecular flexibility index (Phi) is 3.98. The van der Waals surface area contributed by atoms with Crippen molar-refractivity contribution in [2.75, 3.05) is 5.32 Å². The number of anilines is 1. The summed E-state index contributed by atoms with van der Waals surface area (Å²) >= 11 is 0. The van der Waals surface area contributed by atoms with E-state index in [4.69, 9.17) is 0 Å². The number of rotatable bonds is 2. The molecule has 0 spiro atoms. The van der Waals surface area contributed by atoms with Crippen LogP contribution in [-0.4, -0.2) is 22.3 Å². The molecule has 0 atom stereocenters. The Morgan fingerprint density at radius 3 is 2.47 bits per heavy atom. The van der Waals surface area contributed by atoms with Gasteiger partial charge in [-0.3, -0.25) is 5.21 Å². The number of carbonyl (C=O) groups excluding carboxylic acids is 1. The van der Waals surface area contributed by atoms with Gasteiger partial charge in [0.15, 0.2) is 0 Å². The molecule has 0 bridgehead atoms. The molecule has 17 heavy (non-hydrogen) atoms. The molecule has 1 fully saturated rings. The van der Waals surface area contributed by atoms with Crippen molar-refractivity contribution in [2.45, 2.75) is 38.1 Å². The highest BCUT2D eigenvalue weighted by Gasteiger charge is 2.23. The van der Waals surface area contributed by atoms with E-state index < -0.39 is 6.03 Å². The molecule has 0 aliphatic heterocycles. The van der Waals surface area contributed by atoms with Crippen molar-refractivity contribution in [1.82, 2.24) is 5.06 Å². The van der Waals surface area contributed by atoms with E-state index in [2.05, 4.69) is 5.32 Å². The second kappa shape index (κ2) is 5.68. The molecule has 1 aromatic rings. The van der Waals surface area contributed by atoms with Gasteiger partial charge in [0.05, 0.1) is 6.04 Å². The van der Waals surface area contributed by atoms with E-state index in [1.54, 1.807) is 12.1 Å². The van der Waals surface area contributed by atoms with Gasteiger partial charge in [0, 0.05) is 5.69 Å². The SMILES string of the molecule is O=C(Nc1ccccc1)N(O)C1CCCCC1. The zero-order valence-electron chi connectivity index (χ0n) is 9.80. The second-order valence-corrected chi connectivity index (χ2v) is 4.43. The number of nitrogens with one attached hydrogen (secondary N) is 1. The first-order chi connectivity index (χ1) is 8.27. The molecule has 4 nitrogen and oxygen atoms in total. The number of para-hydroxylation sites is 1. The lowest BCUT2D eigenvalue weighted by molar-refractivity contribution is -0.0820. The highest BCUT2D eigenvalue weighted by molar-refractivity contribution is 5.88. The molecule has 0 heterocycles. The number of hydrogen-bond acceptors (Lipinski definition) is 2. The monoisotopic (exact) mass is 234 g/mol. The van der Waals surface area contributed by atoms with Crippen LogP contribution in [0.15, 0.2) is 30.3 Å². The summed E-state index contributed by atoms with van der Waals surface area (Å²) in [4.78, 5) is 11.8. The molecular formula is C13H18N2O2. The van der Waals surface area contributed by atoms with Crippen LogP contribution in [0.4, 0.5) is 10.5 Å². The lowest BCUT2D eigenvalue weighted by Gasteiger charge is -2.29. The van der Waals surface area contributed by atoms with E-state index in [0.29, 0.717) is 5.69 Å². The van der Waals surface area contributed by atoms with Crippen LogP contribution in [0.1, 0.15) is 32.1 Å². The van der Waals surface area contributed by atoms with Gasteiger partial charge in [0.25, 0.3) is 0 Å². The number of amides is 2. The molecule has 4 heteroatoms. The van der Waals surface area contributed by atoms with Crippen LogP contribution < -0.4 is 5.32 Å². The molecule has 1 saturated carbocycles. The fourth-order valence-electron chi connectivity index (χ4n) is 2.19. The van der Waals surface area contributed by atoms with Crippen molar-refractivity contribution in [3.05, 3.63) is 30.3 Å². The minimum Gasteiger partial charge on any atom is -0.306 e. The van der Waals surface area contributed by atoms with E-state index >= 15 is 0 Å². The summed E-state index contributed by atoms with van der Waals surface area (Å²) < 4.78 is 0. The molecule has 1 aliphatic rings. The summed E-state index contributed by atoms with van der Waals surface area (Å²) in [6.07, 6.45) is 5.14. The third-order valence-corrected chi connectivity index (χ3v) is 3.15. The first-order valence-electron chi connectivity index (χ1n) is 6.11. The van der Waals surface area contributed by atoms with Gasteiger partial charge in [0.2, 0.25) is 0 Å². The average molecular weight is 234 g/mol. The number of urea groups is 1. The Morgan fingerprint density at radius 2 is 1.82 bits per heavy atom. The number of hydrogen-bond donors (Lipinski definition) is 2. The predicted molar refractivity (Wildman–Crippen MR) is 66.0 cm³/mol. The van der Waals surface area contributed by atoms with Crippen molar-refractivity contribution in [3.8, 4) is 0 Å². The number of nitrogens with zero attached hydrogens (tertiary/aromatic N) is 1. The van der Waals surface area contributed by atoms with Crippen LogP contribution in [-0.2, 0) is 0 Å². The highest BCUT2D eigenvalue weighted by atomic mass is 16.5. The van der Waals surface area contributed by atoms with Crippen LogP contribution in [0.5, 0.6) is 0 Å². The maximum Gasteiger partial charge on any atom is 0.345 e. The third kappa shape index (κ3) is 3.20. The van der Waals surface area contributed by atoms with Gasteiger partial charge in [0.1, 0.15) is 0 Å². The van der Waals surface area contributed by atoms with Gasteiger partial charge in [-0.2, -0.15) is 0 Å². The Hall–Kier alpha value is -1.55. The second-order valence-electron chi connectivity index (χ2n) is 4.43. The molecule has 2 amide bonds. The first-order valence-corrected chi connectivity index (χ1v) is 6.11. The van der Waals surface area contributed by atoms with E-state index in [-0.39, 0.29) is 6.04 Å². The molecule has 0 radical (unpaired) electrons. The van der Waals surface area contributed by atoms with Crippen molar-refractivity contribution in [1.29, 1.82) is 0 Å². The normalized spacial score (nSPS) is 16.5. The fourth-order valence-corrected chi connectivity index (χ4v) is 2.19. The van der Waals surface area contributed by atoms with Gasteiger partial charge in [-0.1, -0.05) is 37.5 Å². The molecule has 0 unspecified atom stereocenters. The summed E-state index contributed by atoms with van der Waals surface area (Å²) in [6.45, 7) is 0. The summed E-state index contributed by atoms with van der Waals surface area (Å²) in [5, 5.41) is 13.4. The Balaban J connectivity index is 1.90. The van der Waals surface area contributed by atoms with Crippen LogP contribution in [0.25, 0.3) is 0 Å². The fraction of sp³-hybridized carbons (Fsp3) is 0.462. The first kappa shape index (κ1) is 11.9. The molecule has 1 aromatic carbocycles. The predicted octanol–water partition coefficient (Wildman–Crippen LogP) is 3.24. The van der Waals surface area contributed by atoms with Crippen molar-refractivity contribution in [2.24, 2.45) is 0 Å². The third-order valence-electron chi connectivity index (χ3n) is 3.15. The van der Waals surface area contributed by atoms with Crippen molar-refractivity contribution >= 4 is 11.7 Å². The van der Waals surface area contributed by atoms with Crippen molar-refractivity contribution in [3.63, 3.8) is 0 Å². The van der Waals surface area contributed by atoms with E-state index in [0.717, 1.165) is 30.7 Å². The van der Waals surface area contributed by atoms with Crippen molar-refractivity contribution < 1.29 is 10.0 Å². The van der Waals surface area contributed by atoms with E-state index in [9.17, 15) is 10.0 Å². The highest BCUT2D eigenvalue weighted by Crippen LogP contribution is 2.22. The molecule has 92 valence electrons. The van der Waals surface area contributed by atoms with Crippen LogP contribution >= 0.6 is 0 Å². The number of carbonyl (C=O) groups is 1. The topological polar surface area (TPSA) is 52.6 Å². The lowest BCUT2D eigenvalue weighted by Crippen LogP contribution is -2.41. The van der Waals surface area contributed by atoms with Gasteiger partial charge in [-0.15, -0.1) is 0 Å². The minimum absolute atomic E-state index is 0.0348. The van der Waals surface area contributed by atoms with Crippen LogP contribution in [0, 0.1) is 0 Å². The summed E-state index contributed by atoms with van der Waals surface area (Å²) in [5.74, 6) is 0. The molecule has 0 saturated heterocycles.